The van der Waals surface area contributed by atoms with Crippen molar-refractivity contribution in [2.24, 2.45) is 0 Å². The highest BCUT2D eigenvalue weighted by Crippen LogP contribution is 2.31. The van der Waals surface area contributed by atoms with Crippen molar-refractivity contribution in [1.29, 1.82) is 5.26 Å². The number of nitrogens with zero attached hydrogens (tertiary/aromatic N) is 2. The van der Waals surface area contributed by atoms with Crippen molar-refractivity contribution in [1.82, 2.24) is 4.90 Å². The monoisotopic (exact) mass is 366 g/mol. The fourth-order valence-electron chi connectivity index (χ4n) is 2.00. The number of alkyl halides is 3. The molecule has 0 unspecified atom stereocenters. The molecule has 0 N–H and O–H groups in total. The molecular formula is C19H21F3N2O2. The Morgan fingerprint density at radius 2 is 1.81 bits per heavy atom. The van der Waals surface area contributed by atoms with Gasteiger partial charge in [-0.15, -0.1) is 0 Å². The molecule has 0 spiro atoms. The van der Waals surface area contributed by atoms with Crippen LogP contribution < -0.4 is 0 Å². The van der Waals surface area contributed by atoms with Crippen LogP contribution in [0.2, 0.25) is 0 Å². The van der Waals surface area contributed by atoms with Crippen molar-refractivity contribution in [3.63, 3.8) is 0 Å². The van der Waals surface area contributed by atoms with E-state index in [4.69, 9.17) is 10.00 Å². The largest absolute Gasteiger partial charge is 0.456 e. The van der Waals surface area contributed by atoms with Gasteiger partial charge in [0.1, 0.15) is 17.2 Å². The van der Waals surface area contributed by atoms with Crippen molar-refractivity contribution in [2.75, 3.05) is 14.1 Å². The number of carbonyl (C=O) groups is 1. The lowest BCUT2D eigenvalue weighted by atomic mass is 10.1. The number of hydrogen-bond donors (Lipinski definition) is 0. The van der Waals surface area contributed by atoms with Gasteiger partial charge in [0.15, 0.2) is 0 Å². The van der Waals surface area contributed by atoms with Gasteiger partial charge in [-0.2, -0.15) is 18.4 Å². The Morgan fingerprint density at radius 3 is 2.27 bits per heavy atom. The van der Waals surface area contributed by atoms with Crippen LogP contribution >= 0.6 is 0 Å². The number of carbonyl (C=O) groups excluding carboxylic acids is 1. The van der Waals surface area contributed by atoms with E-state index in [0.717, 1.165) is 12.1 Å². The molecule has 0 saturated heterocycles. The minimum absolute atomic E-state index is 0.244. The molecule has 0 aromatic heterocycles. The summed E-state index contributed by atoms with van der Waals surface area (Å²) in [7, 11) is 3.30. The normalized spacial score (nSPS) is 13.2. The van der Waals surface area contributed by atoms with Crippen molar-refractivity contribution < 1.29 is 22.7 Å². The minimum atomic E-state index is -4.46. The van der Waals surface area contributed by atoms with Gasteiger partial charge in [0.2, 0.25) is 0 Å². The smallest absolute Gasteiger partial charge is 0.416 e. The van der Waals surface area contributed by atoms with E-state index >= 15 is 0 Å². The highest BCUT2D eigenvalue weighted by molar-refractivity contribution is 5.93. The van der Waals surface area contributed by atoms with E-state index in [1.165, 1.54) is 24.3 Å². The van der Waals surface area contributed by atoms with Gasteiger partial charge in [0, 0.05) is 19.8 Å². The SMILES string of the molecule is CN(C)/C(=C\C=C(/C#N)C(=O)OC(C)(C)C)c1cccc(C(F)(F)F)c1. The minimum Gasteiger partial charge on any atom is -0.456 e. The van der Waals surface area contributed by atoms with Crippen molar-refractivity contribution in [2.45, 2.75) is 32.5 Å². The fraction of sp³-hybridized carbons (Fsp3) is 0.368. The maximum Gasteiger partial charge on any atom is 0.416 e. The highest BCUT2D eigenvalue weighted by Gasteiger charge is 2.30. The van der Waals surface area contributed by atoms with Crippen LogP contribution in [0.4, 0.5) is 13.2 Å². The molecule has 0 amide bonds. The third-order valence-electron chi connectivity index (χ3n) is 3.11. The molecule has 1 aromatic rings. The summed E-state index contributed by atoms with van der Waals surface area (Å²) in [4.78, 5) is 13.6. The molecule has 0 fully saturated rings. The van der Waals surface area contributed by atoms with E-state index in [2.05, 4.69) is 0 Å². The Bertz CT molecular complexity index is 764. The van der Waals surface area contributed by atoms with Crippen molar-refractivity contribution in [3.05, 3.63) is 53.1 Å². The second kappa shape index (κ2) is 8.09. The van der Waals surface area contributed by atoms with Crippen LogP contribution in [0.5, 0.6) is 0 Å². The van der Waals surface area contributed by atoms with Crippen LogP contribution in [0.15, 0.2) is 42.0 Å². The molecule has 0 aliphatic heterocycles. The molecule has 0 saturated carbocycles. The Labute approximate surface area is 151 Å². The third kappa shape index (κ3) is 6.28. The fourth-order valence-corrected chi connectivity index (χ4v) is 2.00. The first-order valence-corrected chi connectivity index (χ1v) is 7.75. The summed E-state index contributed by atoms with van der Waals surface area (Å²) in [6.45, 7) is 5.01. The number of benzene rings is 1. The number of nitriles is 1. The first-order valence-electron chi connectivity index (χ1n) is 7.75. The Hall–Kier alpha value is -2.75. The summed E-state index contributed by atoms with van der Waals surface area (Å²) in [6.07, 6.45) is -1.81. The van der Waals surface area contributed by atoms with Crippen LogP contribution in [0, 0.1) is 11.3 Å². The van der Waals surface area contributed by atoms with Crippen LogP contribution in [-0.2, 0) is 15.7 Å². The van der Waals surface area contributed by atoms with Crippen LogP contribution in [0.3, 0.4) is 0 Å². The van der Waals surface area contributed by atoms with Gasteiger partial charge >= 0.3 is 12.1 Å². The quantitative estimate of drug-likeness (QED) is 0.343. The molecule has 0 aliphatic carbocycles. The number of esters is 1. The van der Waals surface area contributed by atoms with Gasteiger partial charge in [-0.3, -0.25) is 0 Å². The van der Waals surface area contributed by atoms with E-state index in [1.54, 1.807) is 45.8 Å². The lowest BCUT2D eigenvalue weighted by Gasteiger charge is -2.19. The number of hydrogen-bond acceptors (Lipinski definition) is 4. The Morgan fingerprint density at radius 1 is 1.19 bits per heavy atom. The summed E-state index contributed by atoms with van der Waals surface area (Å²) in [5, 5.41) is 9.16. The lowest BCUT2D eigenvalue weighted by molar-refractivity contribution is -0.149. The highest BCUT2D eigenvalue weighted by atomic mass is 19.4. The average Bonchev–Trinajstić information content (AvgIpc) is 2.48. The maximum atomic E-state index is 12.9. The predicted molar refractivity (Wildman–Crippen MR) is 92.6 cm³/mol. The molecule has 26 heavy (non-hydrogen) atoms. The Balaban J connectivity index is 3.29. The number of halogens is 3. The van der Waals surface area contributed by atoms with E-state index in [1.807, 2.05) is 0 Å². The average molecular weight is 366 g/mol. The van der Waals surface area contributed by atoms with Gasteiger partial charge in [-0.05, 0) is 50.6 Å². The van der Waals surface area contributed by atoms with E-state index < -0.39 is 23.3 Å². The summed E-state index contributed by atoms with van der Waals surface area (Å²) in [5.74, 6) is -0.793. The Kier molecular flexibility index (Phi) is 6.62. The second-order valence-corrected chi connectivity index (χ2v) is 6.72. The van der Waals surface area contributed by atoms with Gasteiger partial charge in [-0.1, -0.05) is 12.1 Å². The molecule has 0 atom stereocenters. The molecule has 0 radical (unpaired) electrons. The zero-order chi connectivity index (χ0) is 20.1. The van der Waals surface area contributed by atoms with Crippen LogP contribution in [0.1, 0.15) is 31.9 Å². The maximum absolute atomic E-state index is 12.9. The number of ether oxygens (including phenoxy) is 1. The molecule has 0 aliphatic rings. The molecule has 1 aromatic carbocycles. The van der Waals surface area contributed by atoms with Crippen molar-refractivity contribution in [3.8, 4) is 6.07 Å². The zero-order valence-electron chi connectivity index (χ0n) is 15.3. The standard InChI is InChI=1S/C19H21F3N2O2/c1-18(2,3)26-17(25)14(12-23)9-10-16(24(4)5)13-7-6-8-15(11-13)19(20,21)22/h6-11H,1-5H3/b14-9+,16-10-. The van der Waals surface area contributed by atoms with Gasteiger partial charge in [-0.25, -0.2) is 4.79 Å². The topological polar surface area (TPSA) is 53.3 Å². The molecule has 140 valence electrons. The second-order valence-electron chi connectivity index (χ2n) is 6.72. The molecule has 7 heteroatoms. The molecule has 4 nitrogen and oxygen atoms in total. The zero-order valence-corrected chi connectivity index (χ0v) is 15.3. The summed E-state index contributed by atoms with van der Waals surface area (Å²) >= 11 is 0. The summed E-state index contributed by atoms with van der Waals surface area (Å²) < 4.78 is 43.9. The van der Waals surface area contributed by atoms with Gasteiger partial charge < -0.3 is 9.64 Å². The first-order chi connectivity index (χ1) is 11.8. The molecular weight excluding hydrogens is 345 g/mol. The lowest BCUT2D eigenvalue weighted by Crippen LogP contribution is -2.24. The summed E-state index contributed by atoms with van der Waals surface area (Å²) in [5.41, 5.74) is -1.07. The first kappa shape index (κ1) is 21.3. The van der Waals surface area contributed by atoms with Crippen molar-refractivity contribution >= 4 is 11.7 Å². The third-order valence-corrected chi connectivity index (χ3v) is 3.11. The van der Waals surface area contributed by atoms with Gasteiger partial charge in [0.25, 0.3) is 0 Å². The number of allylic oxidation sites excluding steroid dienone is 2. The van der Waals surface area contributed by atoms with E-state index in [9.17, 15) is 18.0 Å². The van der Waals surface area contributed by atoms with E-state index in [0.29, 0.717) is 11.3 Å². The molecule has 0 bridgehead atoms. The van der Waals surface area contributed by atoms with Gasteiger partial charge in [0.05, 0.1) is 5.56 Å². The van der Waals surface area contributed by atoms with Crippen LogP contribution in [-0.4, -0.2) is 30.6 Å². The van der Waals surface area contributed by atoms with E-state index in [-0.39, 0.29) is 5.57 Å². The van der Waals surface area contributed by atoms with Crippen LogP contribution in [0.25, 0.3) is 5.70 Å². The molecule has 0 heterocycles. The summed E-state index contributed by atoms with van der Waals surface area (Å²) in [6, 6.07) is 6.57. The molecule has 1 rings (SSSR count). The predicted octanol–water partition coefficient (Wildman–Crippen LogP) is 4.40. The number of rotatable bonds is 4.